The Bertz CT molecular complexity index is 527. The molecule has 0 fully saturated rings. The molecular weight excluding hydrogens is 310 g/mol. The highest BCUT2D eigenvalue weighted by Gasteiger charge is 2.14. The fraction of sp³-hybridized carbons (Fsp3) is 0.300. The molecule has 17 heavy (non-hydrogen) atoms. The van der Waals surface area contributed by atoms with Crippen molar-refractivity contribution in [2.45, 2.75) is 18.2 Å². The molecule has 0 aliphatic carbocycles. The lowest BCUT2D eigenvalue weighted by molar-refractivity contribution is -0.136. The van der Waals surface area contributed by atoms with Gasteiger partial charge in [0.2, 0.25) is 10.0 Å². The zero-order valence-electron chi connectivity index (χ0n) is 9.10. The Morgan fingerprint density at radius 3 is 2.65 bits per heavy atom. The monoisotopic (exact) mass is 321 g/mol. The van der Waals surface area contributed by atoms with Crippen LogP contribution in [-0.4, -0.2) is 26.0 Å². The van der Waals surface area contributed by atoms with Gasteiger partial charge in [-0.15, -0.1) is 0 Å². The van der Waals surface area contributed by atoms with Crippen molar-refractivity contribution in [1.29, 1.82) is 0 Å². The Hall–Kier alpha value is -0.920. The molecule has 5 nitrogen and oxygen atoms in total. The van der Waals surface area contributed by atoms with Crippen molar-refractivity contribution in [2.75, 3.05) is 6.54 Å². The highest BCUT2D eigenvalue weighted by atomic mass is 79.9. The molecule has 0 saturated heterocycles. The van der Waals surface area contributed by atoms with E-state index in [4.69, 9.17) is 5.11 Å². The third-order valence-electron chi connectivity index (χ3n) is 2.08. The van der Waals surface area contributed by atoms with Gasteiger partial charge in [0.05, 0.1) is 11.3 Å². The molecule has 0 bridgehead atoms. The summed E-state index contributed by atoms with van der Waals surface area (Å²) in [5, 5.41) is 8.42. The number of hydrogen-bond acceptors (Lipinski definition) is 3. The maximum Gasteiger partial charge on any atom is 0.304 e. The predicted molar refractivity (Wildman–Crippen MR) is 66.3 cm³/mol. The van der Waals surface area contributed by atoms with Crippen molar-refractivity contribution in [2.24, 2.45) is 0 Å². The van der Waals surface area contributed by atoms with Gasteiger partial charge in [-0.25, -0.2) is 13.1 Å². The molecule has 1 aromatic carbocycles. The smallest absolute Gasteiger partial charge is 0.304 e. The quantitative estimate of drug-likeness (QED) is 0.861. The van der Waals surface area contributed by atoms with Crippen LogP contribution in [-0.2, 0) is 14.8 Å². The van der Waals surface area contributed by atoms with Crippen LogP contribution in [0.5, 0.6) is 0 Å². The van der Waals surface area contributed by atoms with Crippen LogP contribution in [0.25, 0.3) is 0 Å². The van der Waals surface area contributed by atoms with E-state index in [1.54, 1.807) is 6.07 Å². The number of carbonyl (C=O) groups is 1. The highest BCUT2D eigenvalue weighted by molar-refractivity contribution is 9.10. The predicted octanol–water partition coefficient (Wildman–Crippen LogP) is 1.51. The summed E-state index contributed by atoms with van der Waals surface area (Å²) in [5.74, 6) is -1.04. The molecule has 1 rings (SSSR count). The summed E-state index contributed by atoms with van der Waals surface area (Å²) < 4.78 is 26.4. The Kier molecular flexibility index (Phi) is 4.67. The van der Waals surface area contributed by atoms with Crippen LogP contribution in [0.4, 0.5) is 0 Å². The van der Waals surface area contributed by atoms with E-state index in [0.717, 1.165) is 5.56 Å². The molecule has 0 saturated carbocycles. The number of sulfonamides is 1. The summed E-state index contributed by atoms with van der Waals surface area (Å²) in [7, 11) is -3.64. The molecule has 1 aromatic rings. The van der Waals surface area contributed by atoms with E-state index < -0.39 is 16.0 Å². The van der Waals surface area contributed by atoms with Gasteiger partial charge in [0, 0.05) is 11.0 Å². The summed E-state index contributed by atoms with van der Waals surface area (Å²) in [6.07, 6.45) is -0.244. The van der Waals surface area contributed by atoms with Crippen LogP contribution < -0.4 is 4.72 Å². The maximum atomic E-state index is 11.8. The van der Waals surface area contributed by atoms with Crippen molar-refractivity contribution in [3.8, 4) is 0 Å². The average molecular weight is 322 g/mol. The van der Waals surface area contributed by atoms with E-state index >= 15 is 0 Å². The van der Waals surface area contributed by atoms with E-state index in [9.17, 15) is 13.2 Å². The third-order valence-corrected chi connectivity index (χ3v) is 4.40. The van der Waals surface area contributed by atoms with Crippen molar-refractivity contribution in [3.63, 3.8) is 0 Å². The first-order valence-corrected chi connectivity index (χ1v) is 7.08. The van der Waals surface area contributed by atoms with Crippen LogP contribution >= 0.6 is 15.9 Å². The summed E-state index contributed by atoms with van der Waals surface area (Å²) in [6.45, 7) is 1.72. The summed E-state index contributed by atoms with van der Waals surface area (Å²) in [4.78, 5) is 10.4. The second-order valence-corrected chi connectivity index (χ2v) is 6.07. The molecule has 0 unspecified atom stereocenters. The van der Waals surface area contributed by atoms with E-state index in [-0.39, 0.29) is 17.9 Å². The minimum atomic E-state index is -3.64. The summed E-state index contributed by atoms with van der Waals surface area (Å²) in [5.41, 5.74) is 0.925. The SMILES string of the molecule is Cc1ccc(S(=O)(=O)NCCC(=O)O)cc1Br. The van der Waals surface area contributed by atoms with Gasteiger partial charge < -0.3 is 5.11 Å². The summed E-state index contributed by atoms with van der Waals surface area (Å²) in [6, 6.07) is 4.64. The number of aryl methyl sites for hydroxylation is 1. The number of aliphatic carboxylic acids is 1. The Balaban J connectivity index is 2.82. The molecule has 0 radical (unpaired) electrons. The minimum absolute atomic E-state index is 0.111. The van der Waals surface area contributed by atoms with Crippen molar-refractivity contribution < 1.29 is 18.3 Å². The molecule has 0 aromatic heterocycles. The molecule has 2 N–H and O–H groups in total. The lowest BCUT2D eigenvalue weighted by atomic mass is 10.2. The maximum absolute atomic E-state index is 11.8. The van der Waals surface area contributed by atoms with E-state index in [0.29, 0.717) is 4.47 Å². The van der Waals surface area contributed by atoms with Gasteiger partial charge in [0.25, 0.3) is 0 Å². The van der Waals surface area contributed by atoms with E-state index in [1.165, 1.54) is 12.1 Å². The molecule has 0 amide bonds. The van der Waals surface area contributed by atoms with Gasteiger partial charge in [-0.05, 0) is 24.6 Å². The lowest BCUT2D eigenvalue weighted by Gasteiger charge is -2.07. The zero-order chi connectivity index (χ0) is 13.1. The van der Waals surface area contributed by atoms with Gasteiger partial charge in [-0.1, -0.05) is 22.0 Å². The largest absolute Gasteiger partial charge is 0.481 e. The highest BCUT2D eigenvalue weighted by Crippen LogP contribution is 2.20. The number of hydrogen-bond donors (Lipinski definition) is 2. The second kappa shape index (κ2) is 5.61. The van der Waals surface area contributed by atoms with Gasteiger partial charge in [0.1, 0.15) is 0 Å². The molecule has 7 heteroatoms. The van der Waals surface area contributed by atoms with Gasteiger partial charge in [0.15, 0.2) is 0 Å². The van der Waals surface area contributed by atoms with Crippen molar-refractivity contribution in [3.05, 3.63) is 28.2 Å². The third kappa shape index (κ3) is 4.10. The van der Waals surface area contributed by atoms with Gasteiger partial charge in [-0.3, -0.25) is 4.79 Å². The van der Waals surface area contributed by atoms with Gasteiger partial charge >= 0.3 is 5.97 Å². The van der Waals surface area contributed by atoms with Gasteiger partial charge in [-0.2, -0.15) is 0 Å². The number of halogens is 1. The normalized spacial score (nSPS) is 11.4. The van der Waals surface area contributed by atoms with Crippen LogP contribution in [0.2, 0.25) is 0 Å². The number of carboxylic acids is 1. The fourth-order valence-corrected chi connectivity index (χ4v) is 2.70. The first kappa shape index (κ1) is 14.1. The number of carboxylic acid groups (broad SMARTS) is 1. The summed E-state index contributed by atoms with van der Waals surface area (Å²) >= 11 is 3.24. The molecule has 0 spiro atoms. The Labute approximate surface area is 108 Å². The number of benzene rings is 1. The van der Waals surface area contributed by atoms with Crippen molar-refractivity contribution >= 4 is 31.9 Å². The number of rotatable bonds is 5. The average Bonchev–Trinajstić information content (AvgIpc) is 2.21. The first-order valence-electron chi connectivity index (χ1n) is 4.80. The topological polar surface area (TPSA) is 83.5 Å². The standard InChI is InChI=1S/C10H12BrNO4S/c1-7-2-3-8(6-9(7)11)17(15,16)12-5-4-10(13)14/h2-3,6,12H,4-5H2,1H3,(H,13,14). The first-order chi connectivity index (χ1) is 7.83. The van der Waals surface area contributed by atoms with Crippen LogP contribution in [0.3, 0.4) is 0 Å². The fourth-order valence-electron chi connectivity index (χ4n) is 1.12. The molecule has 94 valence electrons. The van der Waals surface area contributed by atoms with Crippen molar-refractivity contribution in [1.82, 2.24) is 4.72 Å². The van der Waals surface area contributed by atoms with Crippen LogP contribution in [0.15, 0.2) is 27.6 Å². The molecule has 0 aliphatic heterocycles. The van der Waals surface area contributed by atoms with E-state index in [1.807, 2.05) is 6.92 Å². The Morgan fingerprint density at radius 1 is 1.47 bits per heavy atom. The van der Waals surface area contributed by atoms with E-state index in [2.05, 4.69) is 20.7 Å². The molecular formula is C10H12BrNO4S. The lowest BCUT2D eigenvalue weighted by Crippen LogP contribution is -2.26. The zero-order valence-corrected chi connectivity index (χ0v) is 11.5. The molecule has 0 aliphatic rings. The second-order valence-electron chi connectivity index (χ2n) is 3.45. The molecule has 0 atom stereocenters. The minimum Gasteiger partial charge on any atom is -0.481 e. The Morgan fingerprint density at radius 2 is 2.12 bits per heavy atom. The molecule has 0 heterocycles. The number of nitrogens with one attached hydrogen (secondary N) is 1. The van der Waals surface area contributed by atoms with Crippen LogP contribution in [0.1, 0.15) is 12.0 Å². The van der Waals surface area contributed by atoms with Crippen LogP contribution in [0, 0.1) is 6.92 Å².